The van der Waals surface area contributed by atoms with E-state index in [4.69, 9.17) is 5.73 Å². The van der Waals surface area contributed by atoms with Crippen molar-refractivity contribution in [3.63, 3.8) is 0 Å². The van der Waals surface area contributed by atoms with Gasteiger partial charge < -0.3 is 5.73 Å². The third-order valence-electron chi connectivity index (χ3n) is 5.53. The number of benzene rings is 1. The number of aryl methyl sites for hydroxylation is 1. The topological polar surface area (TPSA) is 29.3 Å². The molecule has 0 aliphatic heterocycles. The molecule has 0 saturated heterocycles. The molecule has 2 N–H and O–H groups in total. The van der Waals surface area contributed by atoms with E-state index in [9.17, 15) is 0 Å². The maximum absolute atomic E-state index is 6.23. The Labute approximate surface area is 124 Å². The number of nitrogens with two attached hydrogens (primary N) is 1. The number of nitrogens with zero attached hydrogens (tertiary/aromatic N) is 1. The van der Waals surface area contributed by atoms with Crippen LogP contribution in [0.25, 0.3) is 0 Å². The zero-order valence-electron chi connectivity index (χ0n) is 13.5. The van der Waals surface area contributed by atoms with Crippen molar-refractivity contribution in [3.8, 4) is 0 Å². The van der Waals surface area contributed by atoms with E-state index in [-0.39, 0.29) is 5.54 Å². The molecule has 1 aliphatic carbocycles. The molecular weight excluding hydrogens is 244 g/mol. The van der Waals surface area contributed by atoms with Crippen LogP contribution in [0.3, 0.4) is 0 Å². The van der Waals surface area contributed by atoms with Crippen LogP contribution in [0, 0.1) is 18.8 Å². The van der Waals surface area contributed by atoms with Gasteiger partial charge in [-0.2, -0.15) is 0 Å². The highest BCUT2D eigenvalue weighted by atomic mass is 15.2. The van der Waals surface area contributed by atoms with Crippen molar-refractivity contribution >= 4 is 0 Å². The molecule has 1 fully saturated rings. The first-order valence-electron chi connectivity index (χ1n) is 7.95. The minimum Gasteiger partial charge on any atom is -0.329 e. The average Bonchev–Trinajstić information content (AvgIpc) is 2.42. The van der Waals surface area contributed by atoms with Crippen molar-refractivity contribution in [2.24, 2.45) is 17.6 Å². The lowest BCUT2D eigenvalue weighted by Crippen LogP contribution is -2.58. The van der Waals surface area contributed by atoms with E-state index in [1.165, 1.54) is 30.4 Å². The van der Waals surface area contributed by atoms with Crippen LogP contribution in [0.2, 0.25) is 0 Å². The summed E-state index contributed by atoms with van der Waals surface area (Å²) in [5.41, 5.74) is 9.20. The van der Waals surface area contributed by atoms with Crippen molar-refractivity contribution < 1.29 is 0 Å². The number of hydrogen-bond donors (Lipinski definition) is 1. The normalized spacial score (nSPS) is 30.7. The van der Waals surface area contributed by atoms with Crippen molar-refractivity contribution in [1.29, 1.82) is 0 Å². The van der Waals surface area contributed by atoms with Gasteiger partial charge in [-0.15, -0.1) is 0 Å². The minimum absolute atomic E-state index is 0.175. The summed E-state index contributed by atoms with van der Waals surface area (Å²) in [6.45, 7) is 8.73. The first kappa shape index (κ1) is 15.5. The molecule has 3 atom stereocenters. The highest BCUT2D eigenvalue weighted by molar-refractivity contribution is 5.25. The fraction of sp³-hybridized carbons (Fsp3) is 0.667. The lowest BCUT2D eigenvalue weighted by Gasteiger charge is -2.50. The van der Waals surface area contributed by atoms with Gasteiger partial charge in [0.15, 0.2) is 0 Å². The summed E-state index contributed by atoms with van der Waals surface area (Å²) < 4.78 is 0. The lowest BCUT2D eigenvalue weighted by molar-refractivity contribution is 0.0127. The van der Waals surface area contributed by atoms with Gasteiger partial charge in [-0.25, -0.2) is 0 Å². The molecule has 2 rings (SSSR count). The summed E-state index contributed by atoms with van der Waals surface area (Å²) in [5.74, 6) is 1.52. The van der Waals surface area contributed by atoms with Crippen LogP contribution in [0.15, 0.2) is 24.3 Å². The quantitative estimate of drug-likeness (QED) is 0.909. The molecule has 112 valence electrons. The largest absolute Gasteiger partial charge is 0.329 e. The van der Waals surface area contributed by atoms with Crippen LogP contribution in [0.5, 0.6) is 0 Å². The van der Waals surface area contributed by atoms with E-state index in [1.54, 1.807) is 0 Å². The smallest absolute Gasteiger partial charge is 0.0357 e. The average molecular weight is 274 g/mol. The lowest BCUT2D eigenvalue weighted by atomic mass is 9.69. The number of hydrogen-bond acceptors (Lipinski definition) is 2. The van der Waals surface area contributed by atoms with Crippen molar-refractivity contribution in [2.75, 3.05) is 13.6 Å². The Morgan fingerprint density at radius 2 is 2.00 bits per heavy atom. The van der Waals surface area contributed by atoms with Gasteiger partial charge in [0.1, 0.15) is 0 Å². The first-order chi connectivity index (χ1) is 9.49. The maximum atomic E-state index is 6.23. The molecule has 3 unspecified atom stereocenters. The maximum Gasteiger partial charge on any atom is 0.0357 e. The zero-order chi connectivity index (χ0) is 14.8. The van der Waals surface area contributed by atoms with Crippen LogP contribution < -0.4 is 5.73 Å². The summed E-state index contributed by atoms with van der Waals surface area (Å²) in [5, 5.41) is 0. The second-order valence-electron chi connectivity index (χ2n) is 6.87. The van der Waals surface area contributed by atoms with Crippen molar-refractivity contribution in [2.45, 2.75) is 52.1 Å². The van der Waals surface area contributed by atoms with Crippen molar-refractivity contribution in [1.82, 2.24) is 4.90 Å². The summed E-state index contributed by atoms with van der Waals surface area (Å²) in [4.78, 5) is 2.52. The molecule has 0 heterocycles. The Bertz CT molecular complexity index is 443. The second kappa shape index (κ2) is 6.28. The predicted octanol–water partition coefficient (Wildman–Crippen LogP) is 3.58. The second-order valence-corrected chi connectivity index (χ2v) is 6.87. The third kappa shape index (κ3) is 2.91. The molecule has 0 bridgehead atoms. The predicted molar refractivity (Wildman–Crippen MR) is 86.6 cm³/mol. The molecule has 1 saturated carbocycles. The van der Waals surface area contributed by atoms with Crippen LogP contribution >= 0.6 is 0 Å². The Morgan fingerprint density at radius 1 is 1.30 bits per heavy atom. The Morgan fingerprint density at radius 3 is 2.60 bits per heavy atom. The SMILES string of the molecule is Cc1ccccc1CN(C)C1(CN)CCC(C)CC1C. The molecule has 0 spiro atoms. The van der Waals surface area contributed by atoms with Gasteiger partial charge in [-0.05, 0) is 56.2 Å². The highest BCUT2D eigenvalue weighted by Gasteiger charge is 2.42. The standard InChI is InChI=1S/C18H30N2/c1-14-9-10-18(13-19,16(3)11-14)20(4)12-17-8-6-5-7-15(17)2/h5-8,14,16H,9-13,19H2,1-4H3. The summed E-state index contributed by atoms with van der Waals surface area (Å²) in [7, 11) is 2.26. The molecular formula is C18H30N2. The van der Waals surface area contributed by atoms with E-state index in [1.807, 2.05) is 0 Å². The molecule has 1 aromatic rings. The monoisotopic (exact) mass is 274 g/mol. The Kier molecular flexibility index (Phi) is 4.87. The van der Waals surface area contributed by atoms with E-state index >= 15 is 0 Å². The van der Waals surface area contributed by atoms with Gasteiger partial charge in [0.25, 0.3) is 0 Å². The van der Waals surface area contributed by atoms with Gasteiger partial charge in [0, 0.05) is 18.6 Å². The molecule has 2 nitrogen and oxygen atoms in total. The third-order valence-corrected chi connectivity index (χ3v) is 5.53. The van der Waals surface area contributed by atoms with E-state index in [0.717, 1.165) is 19.0 Å². The van der Waals surface area contributed by atoms with E-state index < -0.39 is 0 Å². The first-order valence-corrected chi connectivity index (χ1v) is 7.95. The number of likely N-dealkylation sites (N-methyl/N-ethyl adjacent to an activating group) is 1. The van der Waals surface area contributed by atoms with Gasteiger partial charge in [-0.1, -0.05) is 38.1 Å². The highest BCUT2D eigenvalue weighted by Crippen LogP contribution is 2.40. The zero-order valence-corrected chi connectivity index (χ0v) is 13.5. The fourth-order valence-corrected chi connectivity index (χ4v) is 3.91. The molecule has 0 aromatic heterocycles. The van der Waals surface area contributed by atoms with Crippen LogP contribution in [-0.2, 0) is 6.54 Å². The van der Waals surface area contributed by atoms with Crippen LogP contribution in [-0.4, -0.2) is 24.0 Å². The van der Waals surface area contributed by atoms with E-state index in [2.05, 4.69) is 57.0 Å². The van der Waals surface area contributed by atoms with Crippen molar-refractivity contribution in [3.05, 3.63) is 35.4 Å². The molecule has 20 heavy (non-hydrogen) atoms. The van der Waals surface area contributed by atoms with Gasteiger partial charge >= 0.3 is 0 Å². The Hall–Kier alpha value is -0.860. The molecule has 0 amide bonds. The molecule has 1 aromatic carbocycles. The van der Waals surface area contributed by atoms with Gasteiger partial charge in [0.2, 0.25) is 0 Å². The number of rotatable bonds is 4. The Balaban J connectivity index is 2.17. The molecule has 1 aliphatic rings. The van der Waals surface area contributed by atoms with Gasteiger partial charge in [0.05, 0.1) is 0 Å². The summed E-state index contributed by atoms with van der Waals surface area (Å²) in [6.07, 6.45) is 3.84. The molecule has 0 radical (unpaired) electrons. The summed E-state index contributed by atoms with van der Waals surface area (Å²) in [6, 6.07) is 8.69. The van der Waals surface area contributed by atoms with E-state index in [0.29, 0.717) is 5.92 Å². The van der Waals surface area contributed by atoms with Crippen LogP contribution in [0.1, 0.15) is 44.2 Å². The van der Waals surface area contributed by atoms with Crippen LogP contribution in [0.4, 0.5) is 0 Å². The fourth-order valence-electron chi connectivity index (χ4n) is 3.91. The molecule has 2 heteroatoms. The van der Waals surface area contributed by atoms with Gasteiger partial charge in [-0.3, -0.25) is 4.90 Å². The minimum atomic E-state index is 0.175. The summed E-state index contributed by atoms with van der Waals surface area (Å²) >= 11 is 0.